The van der Waals surface area contributed by atoms with E-state index in [1.165, 1.54) is 11.8 Å². The standard InChI is InChI=1S/C24H17NO8S/c26-19(13-5-7-20-21(9-13)33-12-32-20)11-34-16-3-1-2-15(10-16)25-22(27)17-6-4-14(23(28)29)8-18(17)24(30)31/h1-10H,11-12H2,(H,25,27)(H,28,29)(H,30,31). The molecule has 0 spiro atoms. The molecule has 172 valence electrons. The van der Waals surface area contributed by atoms with Gasteiger partial charge in [0.2, 0.25) is 6.79 Å². The molecule has 9 nitrogen and oxygen atoms in total. The van der Waals surface area contributed by atoms with Gasteiger partial charge in [-0.05, 0) is 54.6 Å². The summed E-state index contributed by atoms with van der Waals surface area (Å²) in [6.45, 7) is 0.123. The number of carbonyl (C=O) groups is 4. The molecule has 4 rings (SSSR count). The Morgan fingerprint density at radius 3 is 2.35 bits per heavy atom. The van der Waals surface area contributed by atoms with E-state index >= 15 is 0 Å². The Bertz CT molecular complexity index is 1320. The van der Waals surface area contributed by atoms with Gasteiger partial charge in [-0.3, -0.25) is 9.59 Å². The third-order valence-corrected chi connectivity index (χ3v) is 5.89. The lowest BCUT2D eigenvalue weighted by atomic mass is 10.0. The Hall–Kier alpha value is -4.31. The molecule has 3 N–H and O–H groups in total. The van der Waals surface area contributed by atoms with Gasteiger partial charge in [0.15, 0.2) is 17.3 Å². The lowest BCUT2D eigenvalue weighted by molar-refractivity contribution is 0.0692. The lowest BCUT2D eigenvalue weighted by Crippen LogP contribution is -2.17. The van der Waals surface area contributed by atoms with Crippen molar-refractivity contribution >= 4 is 41.1 Å². The highest BCUT2D eigenvalue weighted by Gasteiger charge is 2.20. The normalized spacial score (nSPS) is 11.6. The number of ether oxygens (including phenoxy) is 2. The molecular formula is C24H17NO8S. The van der Waals surface area contributed by atoms with Gasteiger partial charge in [-0.1, -0.05) is 6.07 Å². The second-order valence-corrected chi connectivity index (χ2v) is 8.18. The maximum Gasteiger partial charge on any atom is 0.336 e. The van der Waals surface area contributed by atoms with Gasteiger partial charge in [-0.25, -0.2) is 9.59 Å². The lowest BCUT2D eigenvalue weighted by Gasteiger charge is -2.10. The summed E-state index contributed by atoms with van der Waals surface area (Å²) in [7, 11) is 0. The largest absolute Gasteiger partial charge is 0.478 e. The van der Waals surface area contributed by atoms with Crippen molar-refractivity contribution in [3.05, 3.63) is 82.9 Å². The van der Waals surface area contributed by atoms with E-state index in [-0.39, 0.29) is 29.5 Å². The number of anilines is 1. The van der Waals surface area contributed by atoms with E-state index < -0.39 is 23.4 Å². The molecule has 0 saturated carbocycles. The fourth-order valence-corrected chi connectivity index (χ4v) is 4.07. The summed E-state index contributed by atoms with van der Waals surface area (Å²) in [6, 6.07) is 15.0. The predicted octanol–water partition coefficient (Wildman–Crippen LogP) is 4.04. The molecule has 0 radical (unpaired) electrons. The molecule has 1 aliphatic rings. The van der Waals surface area contributed by atoms with Gasteiger partial charge in [0.25, 0.3) is 5.91 Å². The molecular weight excluding hydrogens is 462 g/mol. The molecule has 0 atom stereocenters. The number of aromatic carboxylic acids is 2. The van der Waals surface area contributed by atoms with Gasteiger partial charge in [0, 0.05) is 16.1 Å². The first-order valence-electron chi connectivity index (χ1n) is 9.89. The van der Waals surface area contributed by atoms with Crippen LogP contribution in [0.15, 0.2) is 65.6 Å². The van der Waals surface area contributed by atoms with Crippen molar-refractivity contribution in [1.29, 1.82) is 0 Å². The van der Waals surface area contributed by atoms with Crippen LogP contribution < -0.4 is 14.8 Å². The molecule has 0 aliphatic carbocycles. The number of carboxylic acids is 2. The van der Waals surface area contributed by atoms with E-state index in [0.29, 0.717) is 27.6 Å². The summed E-state index contributed by atoms with van der Waals surface area (Å²) in [5.74, 6) is -2.25. The number of carbonyl (C=O) groups excluding carboxylic acids is 2. The maximum atomic E-state index is 12.7. The van der Waals surface area contributed by atoms with Crippen molar-refractivity contribution in [2.24, 2.45) is 0 Å². The van der Waals surface area contributed by atoms with Crippen molar-refractivity contribution in [1.82, 2.24) is 0 Å². The number of Topliss-reactive ketones (excluding diaryl/α,β-unsaturated/α-hetero) is 1. The van der Waals surface area contributed by atoms with Crippen LogP contribution in [0.3, 0.4) is 0 Å². The Kier molecular flexibility index (Phi) is 6.51. The minimum absolute atomic E-state index is 0.109. The Morgan fingerprint density at radius 2 is 1.59 bits per heavy atom. The van der Waals surface area contributed by atoms with Gasteiger partial charge >= 0.3 is 11.9 Å². The summed E-state index contributed by atoms with van der Waals surface area (Å²) in [4.78, 5) is 48.6. The van der Waals surface area contributed by atoms with Crippen LogP contribution in [0.5, 0.6) is 11.5 Å². The fraction of sp³-hybridized carbons (Fsp3) is 0.0833. The molecule has 0 bridgehead atoms. The van der Waals surface area contributed by atoms with E-state index in [1.54, 1.807) is 42.5 Å². The topological polar surface area (TPSA) is 139 Å². The van der Waals surface area contributed by atoms with Crippen LogP contribution >= 0.6 is 11.8 Å². The van der Waals surface area contributed by atoms with Crippen LogP contribution in [-0.2, 0) is 0 Å². The quantitative estimate of drug-likeness (QED) is 0.323. The first-order valence-corrected chi connectivity index (χ1v) is 10.9. The first-order chi connectivity index (χ1) is 16.3. The van der Waals surface area contributed by atoms with Crippen molar-refractivity contribution in [2.75, 3.05) is 17.9 Å². The van der Waals surface area contributed by atoms with Crippen LogP contribution in [0.1, 0.15) is 41.4 Å². The third-order valence-electron chi connectivity index (χ3n) is 4.90. The molecule has 3 aromatic rings. The van der Waals surface area contributed by atoms with Gasteiger partial charge in [0.1, 0.15) is 0 Å². The first kappa shape index (κ1) is 22.9. The second kappa shape index (κ2) is 9.67. The minimum atomic E-state index is -1.42. The van der Waals surface area contributed by atoms with E-state index in [2.05, 4.69) is 5.32 Å². The van der Waals surface area contributed by atoms with Gasteiger partial charge in [-0.15, -0.1) is 11.8 Å². The molecule has 3 aromatic carbocycles. The van der Waals surface area contributed by atoms with Crippen molar-refractivity contribution in [3.63, 3.8) is 0 Å². The van der Waals surface area contributed by atoms with Crippen LogP contribution in [0, 0.1) is 0 Å². The Morgan fingerprint density at radius 1 is 0.824 bits per heavy atom. The molecule has 0 unspecified atom stereocenters. The average molecular weight is 479 g/mol. The summed E-state index contributed by atoms with van der Waals surface area (Å²) in [5, 5.41) is 21.0. The van der Waals surface area contributed by atoms with E-state index in [1.807, 2.05) is 0 Å². The number of rotatable bonds is 8. The number of amides is 1. The smallest absolute Gasteiger partial charge is 0.336 e. The summed E-state index contributed by atoms with van der Waals surface area (Å²) in [6.07, 6.45) is 0. The fourth-order valence-electron chi connectivity index (χ4n) is 3.22. The van der Waals surface area contributed by atoms with Crippen LogP contribution in [0.4, 0.5) is 5.69 Å². The molecule has 0 aromatic heterocycles. The number of hydrogen-bond donors (Lipinski definition) is 3. The van der Waals surface area contributed by atoms with Crippen molar-refractivity contribution in [2.45, 2.75) is 4.90 Å². The highest BCUT2D eigenvalue weighted by molar-refractivity contribution is 8.00. The molecule has 0 fully saturated rings. The average Bonchev–Trinajstić information content (AvgIpc) is 3.30. The van der Waals surface area contributed by atoms with Crippen LogP contribution in [0.25, 0.3) is 0 Å². The highest BCUT2D eigenvalue weighted by atomic mass is 32.2. The van der Waals surface area contributed by atoms with E-state index in [4.69, 9.17) is 14.6 Å². The molecule has 1 heterocycles. The van der Waals surface area contributed by atoms with Gasteiger partial charge in [0.05, 0.1) is 22.4 Å². The van der Waals surface area contributed by atoms with Gasteiger partial charge < -0.3 is 25.0 Å². The number of ketones is 1. The zero-order chi connectivity index (χ0) is 24.2. The second-order valence-electron chi connectivity index (χ2n) is 7.13. The number of benzene rings is 3. The summed E-state index contributed by atoms with van der Waals surface area (Å²) in [5.41, 5.74) is 0.0571. The Balaban J connectivity index is 1.44. The highest BCUT2D eigenvalue weighted by Crippen LogP contribution is 2.33. The van der Waals surface area contributed by atoms with Gasteiger partial charge in [-0.2, -0.15) is 0 Å². The molecule has 1 aliphatic heterocycles. The monoisotopic (exact) mass is 479 g/mol. The maximum absolute atomic E-state index is 12.7. The number of hydrogen-bond acceptors (Lipinski definition) is 7. The minimum Gasteiger partial charge on any atom is -0.478 e. The number of carboxylic acid groups (broad SMARTS) is 2. The Labute approximate surface area is 197 Å². The summed E-state index contributed by atoms with van der Waals surface area (Å²) >= 11 is 1.27. The van der Waals surface area contributed by atoms with Crippen LogP contribution in [-0.4, -0.2) is 46.4 Å². The van der Waals surface area contributed by atoms with Crippen molar-refractivity contribution in [3.8, 4) is 11.5 Å². The zero-order valence-corrected chi connectivity index (χ0v) is 18.3. The SMILES string of the molecule is O=C(O)c1ccc(C(=O)Nc2cccc(SCC(=O)c3ccc4c(c3)OCO4)c2)c(C(=O)O)c1. The predicted molar refractivity (Wildman–Crippen MR) is 122 cm³/mol. The van der Waals surface area contributed by atoms with Crippen molar-refractivity contribution < 1.29 is 38.9 Å². The molecule has 0 saturated heterocycles. The van der Waals surface area contributed by atoms with E-state index in [0.717, 1.165) is 18.2 Å². The molecule has 34 heavy (non-hydrogen) atoms. The molecule has 1 amide bonds. The number of fused-ring (bicyclic) bond motifs is 1. The van der Waals surface area contributed by atoms with E-state index in [9.17, 15) is 24.3 Å². The van der Waals surface area contributed by atoms with Crippen LogP contribution in [0.2, 0.25) is 0 Å². The third kappa shape index (κ3) is 5.02. The zero-order valence-electron chi connectivity index (χ0n) is 17.4. The number of nitrogens with one attached hydrogen (secondary N) is 1. The number of thioether (sulfide) groups is 1. The summed E-state index contributed by atoms with van der Waals surface area (Å²) < 4.78 is 10.5. The molecule has 10 heteroatoms.